The number of pyridine rings is 2. The molecule has 1 aliphatic carbocycles. The largest absolute Gasteiger partial charge is 0.417 e. The summed E-state index contributed by atoms with van der Waals surface area (Å²) in [6.07, 6.45) is -4.92. The van der Waals surface area contributed by atoms with Crippen LogP contribution in [0.25, 0.3) is 11.1 Å². The number of anilines is 1. The Hall–Kier alpha value is -3.96. The fourth-order valence-corrected chi connectivity index (χ4v) is 3.30. The number of hydrogen-bond acceptors (Lipinski definition) is 4. The second kappa shape index (κ2) is 9.01. The average molecular weight is 494 g/mol. The molecule has 12 heteroatoms. The summed E-state index contributed by atoms with van der Waals surface area (Å²) < 4.78 is 80.1. The zero-order chi connectivity index (χ0) is 25.4. The third-order valence-electron chi connectivity index (χ3n) is 5.18. The number of carbonyl (C=O) groups excluding carboxylic acids is 2. The number of rotatable bonds is 5. The van der Waals surface area contributed by atoms with Crippen molar-refractivity contribution in [1.82, 2.24) is 15.3 Å². The van der Waals surface area contributed by atoms with E-state index >= 15 is 0 Å². The number of alkyl halides is 6. The molecule has 2 amide bonds. The van der Waals surface area contributed by atoms with Gasteiger partial charge in [0.05, 0.1) is 23.0 Å². The van der Waals surface area contributed by atoms with Crippen molar-refractivity contribution in [3.05, 3.63) is 77.4 Å². The first-order valence-electron chi connectivity index (χ1n) is 10.2. The van der Waals surface area contributed by atoms with Crippen LogP contribution < -0.4 is 10.6 Å². The van der Waals surface area contributed by atoms with Crippen molar-refractivity contribution in [2.75, 3.05) is 5.32 Å². The fourth-order valence-electron chi connectivity index (χ4n) is 3.30. The quantitative estimate of drug-likeness (QED) is 0.470. The lowest BCUT2D eigenvalue weighted by Gasteiger charge is -2.18. The van der Waals surface area contributed by atoms with Crippen molar-refractivity contribution in [2.24, 2.45) is 0 Å². The minimum atomic E-state index is -5.10. The number of nitrogens with zero attached hydrogens (tertiary/aromatic N) is 2. The van der Waals surface area contributed by atoms with E-state index in [1.54, 1.807) is 0 Å². The highest BCUT2D eigenvalue weighted by molar-refractivity contribution is 6.07. The Morgan fingerprint density at radius 2 is 1.60 bits per heavy atom. The molecule has 0 saturated heterocycles. The normalized spacial score (nSPS) is 13.9. The fraction of sp³-hybridized carbons (Fsp3) is 0.217. The molecule has 4 rings (SSSR count). The van der Waals surface area contributed by atoms with Crippen molar-refractivity contribution in [3.8, 4) is 11.1 Å². The van der Waals surface area contributed by atoms with Crippen LogP contribution in [0.4, 0.5) is 32.0 Å². The van der Waals surface area contributed by atoms with E-state index in [1.807, 2.05) is 0 Å². The molecule has 2 aromatic heterocycles. The molecule has 2 N–H and O–H groups in total. The van der Waals surface area contributed by atoms with Gasteiger partial charge in [-0.1, -0.05) is 6.07 Å². The molecular formula is C23H16F6N4O2. The number of carbonyl (C=O) groups is 2. The molecule has 1 aromatic carbocycles. The molecule has 0 unspecified atom stereocenters. The number of nitrogens with one attached hydrogen (secondary N) is 2. The molecule has 0 bridgehead atoms. The van der Waals surface area contributed by atoms with E-state index in [0.717, 1.165) is 31.3 Å². The molecular weight excluding hydrogens is 478 g/mol. The first-order valence-corrected chi connectivity index (χ1v) is 10.2. The van der Waals surface area contributed by atoms with Gasteiger partial charge in [-0.2, -0.15) is 26.3 Å². The molecule has 1 aliphatic rings. The standard InChI is InChI=1S/C23H16F6N4O2/c24-22(25,26)13-1-4-15(17(10-13)23(27,28)29)16-6-7-30-11-19(16)33-20(34)12-5-8-31-18(9-12)21(35)32-14-2-3-14/h1,4-11,14H,2-3H2,(H,32,35)(H,33,34). The predicted octanol–water partition coefficient (Wildman–Crippen LogP) is 5.33. The lowest BCUT2D eigenvalue weighted by molar-refractivity contribution is -0.142. The second-order valence-corrected chi connectivity index (χ2v) is 7.81. The van der Waals surface area contributed by atoms with Crippen LogP contribution >= 0.6 is 0 Å². The Labute approximate surface area is 194 Å². The van der Waals surface area contributed by atoms with E-state index in [4.69, 9.17) is 0 Å². The number of hydrogen-bond donors (Lipinski definition) is 2. The highest BCUT2D eigenvalue weighted by atomic mass is 19.4. The third kappa shape index (κ3) is 5.58. The molecule has 1 saturated carbocycles. The molecule has 182 valence electrons. The van der Waals surface area contributed by atoms with Crippen LogP contribution in [0.3, 0.4) is 0 Å². The topological polar surface area (TPSA) is 84.0 Å². The summed E-state index contributed by atoms with van der Waals surface area (Å²) >= 11 is 0. The summed E-state index contributed by atoms with van der Waals surface area (Å²) in [5, 5.41) is 5.14. The molecule has 1 fully saturated rings. The van der Waals surface area contributed by atoms with E-state index < -0.39 is 40.9 Å². The summed E-state index contributed by atoms with van der Waals surface area (Å²) in [5.74, 6) is -1.24. The monoisotopic (exact) mass is 494 g/mol. The van der Waals surface area contributed by atoms with Crippen molar-refractivity contribution in [1.29, 1.82) is 0 Å². The molecule has 0 spiro atoms. The van der Waals surface area contributed by atoms with Crippen LogP contribution in [-0.4, -0.2) is 27.8 Å². The highest BCUT2D eigenvalue weighted by Gasteiger charge is 2.38. The van der Waals surface area contributed by atoms with Crippen molar-refractivity contribution < 1.29 is 35.9 Å². The van der Waals surface area contributed by atoms with Gasteiger partial charge in [0.1, 0.15) is 5.69 Å². The molecule has 2 heterocycles. The van der Waals surface area contributed by atoms with E-state index in [1.165, 1.54) is 18.3 Å². The summed E-state index contributed by atoms with van der Waals surface area (Å²) in [5.41, 5.74) is -3.91. The van der Waals surface area contributed by atoms with Gasteiger partial charge in [0.15, 0.2) is 0 Å². The minimum Gasteiger partial charge on any atom is -0.348 e. The van der Waals surface area contributed by atoms with Crippen LogP contribution in [-0.2, 0) is 12.4 Å². The second-order valence-electron chi connectivity index (χ2n) is 7.81. The number of aromatic nitrogens is 2. The van der Waals surface area contributed by atoms with Crippen molar-refractivity contribution >= 4 is 17.5 Å². The van der Waals surface area contributed by atoms with Gasteiger partial charge >= 0.3 is 12.4 Å². The van der Waals surface area contributed by atoms with Gasteiger partial charge in [0.25, 0.3) is 11.8 Å². The summed E-state index contributed by atoms with van der Waals surface area (Å²) in [4.78, 5) is 32.7. The zero-order valence-corrected chi connectivity index (χ0v) is 17.7. The Morgan fingerprint density at radius 3 is 2.26 bits per heavy atom. The Morgan fingerprint density at radius 1 is 0.857 bits per heavy atom. The Kier molecular flexibility index (Phi) is 6.22. The first-order chi connectivity index (χ1) is 16.4. The summed E-state index contributed by atoms with van der Waals surface area (Å²) in [6.45, 7) is 0. The van der Waals surface area contributed by atoms with Crippen LogP contribution in [0.15, 0.2) is 55.0 Å². The van der Waals surface area contributed by atoms with Gasteiger partial charge in [-0.3, -0.25) is 19.6 Å². The molecule has 35 heavy (non-hydrogen) atoms. The minimum absolute atomic E-state index is 0.000728. The third-order valence-corrected chi connectivity index (χ3v) is 5.18. The van der Waals surface area contributed by atoms with Crippen LogP contribution in [0.5, 0.6) is 0 Å². The number of halogens is 6. The van der Waals surface area contributed by atoms with E-state index in [9.17, 15) is 35.9 Å². The average Bonchev–Trinajstić information content (AvgIpc) is 3.62. The molecule has 3 aromatic rings. The van der Waals surface area contributed by atoms with Gasteiger partial charge in [-0.25, -0.2) is 0 Å². The van der Waals surface area contributed by atoms with Crippen LogP contribution in [0.1, 0.15) is 44.8 Å². The van der Waals surface area contributed by atoms with Gasteiger partial charge in [-0.05, 0) is 48.7 Å². The van der Waals surface area contributed by atoms with Gasteiger partial charge in [0, 0.05) is 29.6 Å². The summed E-state index contributed by atoms with van der Waals surface area (Å²) in [6, 6.07) is 4.99. The van der Waals surface area contributed by atoms with E-state index in [0.29, 0.717) is 12.1 Å². The maximum Gasteiger partial charge on any atom is 0.417 e. The number of amides is 2. The van der Waals surface area contributed by atoms with Gasteiger partial charge in [-0.15, -0.1) is 0 Å². The number of benzene rings is 1. The van der Waals surface area contributed by atoms with Crippen molar-refractivity contribution in [2.45, 2.75) is 31.2 Å². The Bertz CT molecular complexity index is 1290. The molecule has 0 atom stereocenters. The predicted molar refractivity (Wildman–Crippen MR) is 112 cm³/mol. The van der Waals surface area contributed by atoms with Crippen LogP contribution in [0, 0.1) is 0 Å². The highest BCUT2D eigenvalue weighted by Crippen LogP contribution is 2.42. The first kappa shape index (κ1) is 24.2. The summed E-state index contributed by atoms with van der Waals surface area (Å²) in [7, 11) is 0. The van der Waals surface area contributed by atoms with E-state index in [2.05, 4.69) is 20.6 Å². The zero-order valence-electron chi connectivity index (χ0n) is 17.7. The maximum absolute atomic E-state index is 13.7. The molecule has 6 nitrogen and oxygen atoms in total. The van der Waals surface area contributed by atoms with Gasteiger partial charge in [0.2, 0.25) is 0 Å². The van der Waals surface area contributed by atoms with Crippen molar-refractivity contribution in [3.63, 3.8) is 0 Å². The SMILES string of the molecule is O=C(Nc1cnccc1-c1ccc(C(F)(F)F)cc1C(F)(F)F)c1ccnc(C(=O)NC2CC2)c1. The lowest BCUT2D eigenvalue weighted by Crippen LogP contribution is -2.26. The van der Waals surface area contributed by atoms with E-state index in [-0.39, 0.29) is 34.6 Å². The van der Waals surface area contributed by atoms with Gasteiger partial charge < -0.3 is 10.6 Å². The lowest BCUT2D eigenvalue weighted by atomic mass is 9.96. The smallest absolute Gasteiger partial charge is 0.348 e. The molecule has 0 radical (unpaired) electrons. The molecule has 0 aliphatic heterocycles. The Balaban J connectivity index is 1.67. The maximum atomic E-state index is 13.7. The van der Waals surface area contributed by atoms with Crippen LogP contribution in [0.2, 0.25) is 0 Å².